The fourth-order valence-electron chi connectivity index (χ4n) is 4.92. The van der Waals surface area contributed by atoms with Crippen LogP contribution >= 0.6 is 0 Å². The molecule has 0 unspecified atom stereocenters. The Hall–Kier alpha value is -4.02. The van der Waals surface area contributed by atoms with Gasteiger partial charge in [-0.05, 0) is 60.9 Å². The Kier molecular flexibility index (Phi) is 9.43. The van der Waals surface area contributed by atoms with E-state index in [4.69, 9.17) is 18.6 Å². The molecule has 1 aromatic heterocycles. The summed E-state index contributed by atoms with van der Waals surface area (Å²) in [5.74, 6) is 2.61. The third kappa shape index (κ3) is 7.80. The average Bonchev–Trinajstić information content (AvgIpc) is 3.63. The molecule has 10 heteroatoms. The number of morpholine rings is 1. The molecule has 1 fully saturated rings. The van der Waals surface area contributed by atoms with Gasteiger partial charge in [-0.25, -0.2) is 4.79 Å². The molecule has 218 valence electrons. The molecule has 0 atom stereocenters. The highest BCUT2D eigenvalue weighted by Crippen LogP contribution is 2.33. The van der Waals surface area contributed by atoms with Gasteiger partial charge in [0.1, 0.15) is 18.1 Å². The molecule has 2 aliphatic heterocycles. The van der Waals surface area contributed by atoms with E-state index in [0.717, 1.165) is 36.4 Å². The smallest absolute Gasteiger partial charge is 0.322 e. The Labute approximate surface area is 240 Å². The number of hydrogen-bond acceptors (Lipinski definition) is 7. The second-order valence-corrected chi connectivity index (χ2v) is 10.3. The van der Waals surface area contributed by atoms with Crippen LogP contribution < -0.4 is 14.8 Å². The third-order valence-corrected chi connectivity index (χ3v) is 7.30. The first-order chi connectivity index (χ1) is 20.0. The van der Waals surface area contributed by atoms with Crippen LogP contribution in [-0.2, 0) is 29.0 Å². The van der Waals surface area contributed by atoms with Crippen molar-refractivity contribution >= 4 is 17.6 Å². The zero-order valence-corrected chi connectivity index (χ0v) is 23.8. The largest absolute Gasteiger partial charge is 0.464 e. The van der Waals surface area contributed by atoms with E-state index in [9.17, 15) is 9.59 Å². The third-order valence-electron chi connectivity index (χ3n) is 7.30. The van der Waals surface area contributed by atoms with Crippen molar-refractivity contribution in [2.45, 2.75) is 33.4 Å². The summed E-state index contributed by atoms with van der Waals surface area (Å²) in [4.78, 5) is 33.0. The first-order valence-electron chi connectivity index (χ1n) is 14.1. The standard InChI is InChI=1S/C31H38N4O6/c1-3-24-5-4-6-26(17-24)32-31(37)34(12-11-33-13-15-38-16-14-33)21-30(36)35(20-27-9-7-23(2)41-27)19-25-8-10-28-29(18-25)40-22-39-28/h4-10,17-18H,3,11-16,19-22H2,1-2H3,(H,32,37). The SMILES string of the molecule is CCc1cccc(NC(=O)N(CCN2CCOCC2)CC(=O)N(Cc2ccc3c(c2)OCO3)Cc2ccc(C)o2)c1. The summed E-state index contributed by atoms with van der Waals surface area (Å²) in [5, 5.41) is 3.00. The molecule has 5 rings (SSSR count). The number of rotatable bonds is 11. The quantitative estimate of drug-likeness (QED) is 0.373. The van der Waals surface area contributed by atoms with Gasteiger partial charge < -0.3 is 33.7 Å². The summed E-state index contributed by atoms with van der Waals surface area (Å²) < 4.78 is 22.3. The van der Waals surface area contributed by atoms with Crippen molar-refractivity contribution in [3.8, 4) is 11.5 Å². The van der Waals surface area contributed by atoms with E-state index in [-0.39, 0.29) is 31.8 Å². The number of carbonyl (C=O) groups is 2. The van der Waals surface area contributed by atoms with Crippen LogP contribution in [0.5, 0.6) is 11.5 Å². The minimum Gasteiger partial charge on any atom is -0.464 e. The summed E-state index contributed by atoms with van der Waals surface area (Å²) in [6.07, 6.45) is 0.865. The number of anilines is 1. The molecular formula is C31H38N4O6. The highest BCUT2D eigenvalue weighted by atomic mass is 16.7. The molecule has 3 heterocycles. The van der Waals surface area contributed by atoms with Gasteiger partial charge in [0.2, 0.25) is 12.7 Å². The number of nitrogens with one attached hydrogen (secondary N) is 1. The number of carbonyl (C=O) groups excluding carboxylic acids is 2. The molecule has 1 saturated heterocycles. The highest BCUT2D eigenvalue weighted by molar-refractivity contribution is 5.92. The van der Waals surface area contributed by atoms with Crippen LogP contribution in [-0.4, -0.2) is 79.4 Å². The predicted molar refractivity (Wildman–Crippen MR) is 154 cm³/mol. The molecule has 3 aromatic rings. The number of aryl methyl sites for hydroxylation is 2. The topological polar surface area (TPSA) is 96.7 Å². The van der Waals surface area contributed by atoms with E-state index in [0.29, 0.717) is 55.8 Å². The van der Waals surface area contributed by atoms with Gasteiger partial charge in [0.05, 0.1) is 19.8 Å². The maximum atomic E-state index is 13.9. The lowest BCUT2D eigenvalue weighted by atomic mass is 10.1. The van der Waals surface area contributed by atoms with E-state index in [1.54, 1.807) is 9.80 Å². The fraction of sp³-hybridized carbons (Fsp3) is 0.419. The average molecular weight is 563 g/mol. The van der Waals surface area contributed by atoms with Crippen molar-refractivity contribution in [1.82, 2.24) is 14.7 Å². The lowest BCUT2D eigenvalue weighted by molar-refractivity contribution is -0.133. The molecule has 1 N–H and O–H groups in total. The van der Waals surface area contributed by atoms with Crippen molar-refractivity contribution in [2.75, 3.05) is 58.0 Å². The van der Waals surface area contributed by atoms with Crippen molar-refractivity contribution < 1.29 is 28.2 Å². The lowest BCUT2D eigenvalue weighted by Crippen LogP contribution is -2.48. The van der Waals surface area contributed by atoms with Gasteiger partial charge >= 0.3 is 6.03 Å². The summed E-state index contributed by atoms with van der Waals surface area (Å²) in [6.45, 7) is 8.65. The maximum absolute atomic E-state index is 13.9. The number of hydrogen-bond donors (Lipinski definition) is 1. The summed E-state index contributed by atoms with van der Waals surface area (Å²) in [5.41, 5.74) is 2.73. The Bertz CT molecular complexity index is 1340. The van der Waals surface area contributed by atoms with Crippen LogP contribution in [0.1, 0.15) is 29.6 Å². The molecule has 2 aromatic carbocycles. The van der Waals surface area contributed by atoms with Crippen molar-refractivity contribution in [3.05, 3.63) is 77.2 Å². The van der Waals surface area contributed by atoms with Crippen molar-refractivity contribution in [2.24, 2.45) is 0 Å². The molecule has 0 saturated carbocycles. The molecule has 0 spiro atoms. The van der Waals surface area contributed by atoms with Crippen LogP contribution in [0, 0.1) is 6.92 Å². The number of amides is 3. The maximum Gasteiger partial charge on any atom is 0.322 e. The van der Waals surface area contributed by atoms with Crippen LogP contribution in [0.15, 0.2) is 59.0 Å². The Morgan fingerprint density at radius 1 is 0.927 bits per heavy atom. The zero-order valence-electron chi connectivity index (χ0n) is 23.8. The lowest BCUT2D eigenvalue weighted by Gasteiger charge is -2.31. The minimum absolute atomic E-state index is 0.0755. The van der Waals surface area contributed by atoms with Gasteiger partial charge in [0.15, 0.2) is 11.5 Å². The van der Waals surface area contributed by atoms with Gasteiger partial charge in [0, 0.05) is 38.4 Å². The molecule has 0 radical (unpaired) electrons. The van der Waals surface area contributed by atoms with Crippen molar-refractivity contribution in [3.63, 3.8) is 0 Å². The first-order valence-corrected chi connectivity index (χ1v) is 14.1. The molecule has 2 aliphatic rings. The predicted octanol–water partition coefficient (Wildman–Crippen LogP) is 4.27. The van der Waals surface area contributed by atoms with E-state index < -0.39 is 0 Å². The minimum atomic E-state index is -0.309. The van der Waals surface area contributed by atoms with Crippen LogP contribution in [0.3, 0.4) is 0 Å². The van der Waals surface area contributed by atoms with Gasteiger partial charge in [0.25, 0.3) is 0 Å². The molecule has 0 aliphatic carbocycles. The van der Waals surface area contributed by atoms with Gasteiger partial charge in [-0.3, -0.25) is 9.69 Å². The monoisotopic (exact) mass is 562 g/mol. The number of furan rings is 1. The van der Waals surface area contributed by atoms with E-state index in [1.165, 1.54) is 0 Å². The van der Waals surface area contributed by atoms with Crippen LogP contribution in [0.25, 0.3) is 0 Å². The summed E-state index contributed by atoms with van der Waals surface area (Å²) in [7, 11) is 0. The summed E-state index contributed by atoms with van der Waals surface area (Å²) in [6, 6.07) is 16.9. The number of ether oxygens (including phenoxy) is 3. The van der Waals surface area contributed by atoms with Gasteiger partial charge in [-0.2, -0.15) is 0 Å². The van der Waals surface area contributed by atoms with E-state index in [2.05, 4.69) is 17.1 Å². The number of fused-ring (bicyclic) bond motifs is 1. The van der Waals surface area contributed by atoms with Crippen LogP contribution in [0.4, 0.5) is 10.5 Å². The fourth-order valence-corrected chi connectivity index (χ4v) is 4.92. The second-order valence-electron chi connectivity index (χ2n) is 10.3. The molecule has 41 heavy (non-hydrogen) atoms. The molecule has 3 amide bonds. The number of urea groups is 1. The van der Waals surface area contributed by atoms with E-state index >= 15 is 0 Å². The summed E-state index contributed by atoms with van der Waals surface area (Å²) >= 11 is 0. The highest BCUT2D eigenvalue weighted by Gasteiger charge is 2.25. The van der Waals surface area contributed by atoms with E-state index in [1.807, 2.05) is 61.5 Å². The second kappa shape index (κ2) is 13.6. The Morgan fingerprint density at radius 3 is 2.54 bits per heavy atom. The number of benzene rings is 2. The molecular weight excluding hydrogens is 524 g/mol. The molecule has 10 nitrogen and oxygen atoms in total. The first kappa shape index (κ1) is 28.5. The number of nitrogens with zero attached hydrogens (tertiary/aromatic N) is 3. The Balaban J connectivity index is 1.33. The van der Waals surface area contributed by atoms with Crippen molar-refractivity contribution in [1.29, 1.82) is 0 Å². The van der Waals surface area contributed by atoms with Gasteiger partial charge in [-0.1, -0.05) is 25.1 Å². The zero-order chi connectivity index (χ0) is 28.6. The van der Waals surface area contributed by atoms with Gasteiger partial charge in [-0.15, -0.1) is 0 Å². The molecule has 0 bridgehead atoms. The van der Waals surface area contributed by atoms with Crippen LogP contribution in [0.2, 0.25) is 0 Å². The normalized spacial score (nSPS) is 14.6. The Morgan fingerprint density at radius 2 is 1.76 bits per heavy atom.